The van der Waals surface area contributed by atoms with Crippen molar-refractivity contribution in [2.24, 2.45) is 0 Å². The summed E-state index contributed by atoms with van der Waals surface area (Å²) in [6, 6.07) is 18.4. The first kappa shape index (κ1) is 18.7. The van der Waals surface area contributed by atoms with Gasteiger partial charge in [0.25, 0.3) is 0 Å². The molecule has 1 fully saturated rings. The lowest BCUT2D eigenvalue weighted by Gasteiger charge is -2.35. The van der Waals surface area contributed by atoms with Gasteiger partial charge in [0, 0.05) is 37.0 Å². The normalized spacial score (nSPS) is 20.2. The average Bonchev–Trinajstić information content (AvgIpc) is 3.11. The van der Waals surface area contributed by atoms with Gasteiger partial charge in [0.2, 0.25) is 0 Å². The third-order valence-electron chi connectivity index (χ3n) is 5.06. The van der Waals surface area contributed by atoms with E-state index in [2.05, 4.69) is 49.2 Å². The summed E-state index contributed by atoms with van der Waals surface area (Å²) >= 11 is 0. The highest BCUT2D eigenvalue weighted by molar-refractivity contribution is 5.64. The first-order chi connectivity index (χ1) is 13.6. The molecule has 28 heavy (non-hydrogen) atoms. The van der Waals surface area contributed by atoms with Gasteiger partial charge in [-0.3, -0.25) is 4.90 Å². The van der Waals surface area contributed by atoms with Crippen LogP contribution in [0.15, 0.2) is 60.8 Å². The van der Waals surface area contributed by atoms with Gasteiger partial charge in [0.05, 0.1) is 30.7 Å². The summed E-state index contributed by atoms with van der Waals surface area (Å²) in [5.74, 6) is 0.851. The molecule has 1 aromatic heterocycles. The topological polar surface area (TPSA) is 39.5 Å². The Labute approximate surface area is 166 Å². The zero-order valence-electron chi connectivity index (χ0n) is 16.7. The van der Waals surface area contributed by atoms with Crippen LogP contribution in [-0.4, -0.2) is 47.1 Å². The number of aromatic nitrogens is 2. The van der Waals surface area contributed by atoms with E-state index < -0.39 is 0 Å². The van der Waals surface area contributed by atoms with Crippen LogP contribution in [0.3, 0.4) is 0 Å². The molecule has 0 radical (unpaired) electrons. The standard InChI is InChI=1S/C23H27N3O2/c1-17-13-25(14-18(2)28-17)15-20-16-26(21-7-5-4-6-8-21)24-23(20)19-9-11-22(27-3)12-10-19/h4-12,16-18H,13-15H2,1-3H3. The van der Waals surface area contributed by atoms with Crippen LogP contribution in [0.25, 0.3) is 16.9 Å². The molecule has 0 amide bonds. The van der Waals surface area contributed by atoms with Crippen molar-refractivity contribution in [2.75, 3.05) is 20.2 Å². The molecule has 1 aliphatic rings. The number of ether oxygens (including phenoxy) is 2. The second-order valence-electron chi connectivity index (χ2n) is 7.46. The van der Waals surface area contributed by atoms with E-state index in [9.17, 15) is 0 Å². The Bertz CT molecular complexity index is 895. The number of benzene rings is 2. The highest BCUT2D eigenvalue weighted by atomic mass is 16.5. The molecule has 2 heterocycles. The molecule has 0 spiro atoms. The molecular weight excluding hydrogens is 350 g/mol. The Kier molecular flexibility index (Phi) is 5.46. The zero-order chi connectivity index (χ0) is 19.5. The molecule has 0 saturated carbocycles. The second kappa shape index (κ2) is 8.17. The summed E-state index contributed by atoms with van der Waals surface area (Å²) in [5.41, 5.74) is 4.39. The Hall–Kier alpha value is -2.63. The molecule has 3 aromatic rings. The van der Waals surface area contributed by atoms with Crippen molar-refractivity contribution in [3.63, 3.8) is 0 Å². The molecule has 2 atom stereocenters. The number of rotatable bonds is 5. The lowest BCUT2D eigenvalue weighted by molar-refractivity contribution is -0.0704. The molecule has 5 nitrogen and oxygen atoms in total. The van der Waals surface area contributed by atoms with Gasteiger partial charge in [-0.25, -0.2) is 4.68 Å². The van der Waals surface area contributed by atoms with Crippen molar-refractivity contribution in [1.82, 2.24) is 14.7 Å². The summed E-state index contributed by atoms with van der Waals surface area (Å²) in [7, 11) is 1.69. The minimum Gasteiger partial charge on any atom is -0.497 e. The largest absolute Gasteiger partial charge is 0.497 e. The van der Waals surface area contributed by atoms with Crippen LogP contribution in [0.4, 0.5) is 0 Å². The second-order valence-corrected chi connectivity index (χ2v) is 7.46. The Morgan fingerprint density at radius 3 is 2.32 bits per heavy atom. The van der Waals surface area contributed by atoms with Gasteiger partial charge in [0.1, 0.15) is 5.75 Å². The van der Waals surface area contributed by atoms with Crippen LogP contribution in [0, 0.1) is 0 Å². The zero-order valence-corrected chi connectivity index (χ0v) is 16.7. The Morgan fingerprint density at radius 1 is 1.00 bits per heavy atom. The van der Waals surface area contributed by atoms with E-state index in [1.807, 2.05) is 35.0 Å². The fourth-order valence-electron chi connectivity index (χ4n) is 3.88. The maximum atomic E-state index is 5.89. The van der Waals surface area contributed by atoms with Gasteiger partial charge in [-0.15, -0.1) is 0 Å². The lowest BCUT2D eigenvalue weighted by atomic mass is 10.1. The predicted octanol–water partition coefficient (Wildman–Crippen LogP) is 4.16. The number of nitrogens with zero attached hydrogens (tertiary/aromatic N) is 3. The van der Waals surface area contributed by atoms with Gasteiger partial charge < -0.3 is 9.47 Å². The average molecular weight is 377 g/mol. The van der Waals surface area contributed by atoms with Crippen LogP contribution >= 0.6 is 0 Å². The van der Waals surface area contributed by atoms with Gasteiger partial charge >= 0.3 is 0 Å². The van der Waals surface area contributed by atoms with Crippen LogP contribution in [-0.2, 0) is 11.3 Å². The third kappa shape index (κ3) is 4.11. The number of methoxy groups -OCH3 is 1. The van der Waals surface area contributed by atoms with E-state index in [4.69, 9.17) is 14.6 Å². The highest BCUT2D eigenvalue weighted by Gasteiger charge is 2.24. The molecular formula is C23H27N3O2. The highest BCUT2D eigenvalue weighted by Crippen LogP contribution is 2.27. The molecule has 1 saturated heterocycles. The SMILES string of the molecule is COc1ccc(-c2nn(-c3ccccc3)cc2CN2CC(C)OC(C)C2)cc1. The molecule has 2 unspecified atom stereocenters. The van der Waals surface area contributed by atoms with Crippen LogP contribution in [0.1, 0.15) is 19.4 Å². The maximum absolute atomic E-state index is 5.89. The van der Waals surface area contributed by atoms with Crippen LogP contribution in [0.2, 0.25) is 0 Å². The molecule has 2 aromatic carbocycles. The molecule has 4 rings (SSSR count). The van der Waals surface area contributed by atoms with Crippen LogP contribution < -0.4 is 4.74 Å². The molecule has 0 bridgehead atoms. The van der Waals surface area contributed by atoms with Gasteiger partial charge in [-0.2, -0.15) is 5.10 Å². The minimum atomic E-state index is 0.248. The van der Waals surface area contributed by atoms with Crippen molar-refractivity contribution in [3.8, 4) is 22.7 Å². The van der Waals surface area contributed by atoms with Crippen molar-refractivity contribution < 1.29 is 9.47 Å². The Morgan fingerprint density at radius 2 is 1.68 bits per heavy atom. The van der Waals surface area contributed by atoms with Crippen molar-refractivity contribution in [2.45, 2.75) is 32.6 Å². The van der Waals surface area contributed by atoms with Crippen molar-refractivity contribution in [3.05, 3.63) is 66.4 Å². The number of morpholine rings is 1. The number of hydrogen-bond acceptors (Lipinski definition) is 4. The summed E-state index contributed by atoms with van der Waals surface area (Å²) in [6.45, 7) is 7.00. The quantitative estimate of drug-likeness (QED) is 0.669. The van der Waals surface area contributed by atoms with Crippen LogP contribution in [0.5, 0.6) is 5.75 Å². The predicted molar refractivity (Wildman–Crippen MR) is 111 cm³/mol. The van der Waals surface area contributed by atoms with E-state index in [1.165, 1.54) is 5.56 Å². The molecule has 0 N–H and O–H groups in total. The van der Waals surface area contributed by atoms with Gasteiger partial charge in [-0.05, 0) is 50.2 Å². The molecule has 5 heteroatoms. The van der Waals surface area contributed by atoms with Crippen molar-refractivity contribution >= 4 is 0 Å². The fraction of sp³-hybridized carbons (Fsp3) is 0.348. The van der Waals surface area contributed by atoms with E-state index >= 15 is 0 Å². The van der Waals surface area contributed by atoms with E-state index in [1.54, 1.807) is 7.11 Å². The molecule has 146 valence electrons. The summed E-state index contributed by atoms with van der Waals surface area (Å²) < 4.78 is 13.2. The maximum Gasteiger partial charge on any atom is 0.118 e. The number of para-hydroxylation sites is 1. The molecule has 0 aliphatic carbocycles. The minimum absolute atomic E-state index is 0.248. The number of hydrogen-bond donors (Lipinski definition) is 0. The Balaban J connectivity index is 1.69. The van der Waals surface area contributed by atoms with Gasteiger partial charge in [0.15, 0.2) is 0 Å². The van der Waals surface area contributed by atoms with E-state index in [0.29, 0.717) is 0 Å². The molecule has 1 aliphatic heterocycles. The summed E-state index contributed by atoms with van der Waals surface area (Å²) in [5, 5.41) is 4.93. The smallest absolute Gasteiger partial charge is 0.118 e. The lowest BCUT2D eigenvalue weighted by Crippen LogP contribution is -2.44. The first-order valence-electron chi connectivity index (χ1n) is 9.78. The fourth-order valence-corrected chi connectivity index (χ4v) is 3.88. The summed E-state index contributed by atoms with van der Waals surface area (Å²) in [6.07, 6.45) is 2.65. The first-order valence-corrected chi connectivity index (χ1v) is 9.78. The van der Waals surface area contributed by atoms with Gasteiger partial charge in [-0.1, -0.05) is 18.2 Å². The van der Waals surface area contributed by atoms with Crippen molar-refractivity contribution in [1.29, 1.82) is 0 Å². The van der Waals surface area contributed by atoms with E-state index in [0.717, 1.165) is 42.3 Å². The summed E-state index contributed by atoms with van der Waals surface area (Å²) in [4.78, 5) is 2.46. The third-order valence-corrected chi connectivity index (χ3v) is 5.06. The monoisotopic (exact) mass is 377 g/mol. The van der Waals surface area contributed by atoms with E-state index in [-0.39, 0.29) is 12.2 Å².